The highest BCUT2D eigenvalue weighted by Gasteiger charge is 2.20. The van der Waals surface area contributed by atoms with Crippen LogP contribution < -0.4 is 0 Å². The third kappa shape index (κ3) is 3.47. The number of aromatic nitrogens is 1. The number of rotatable bonds is 1. The van der Waals surface area contributed by atoms with E-state index in [2.05, 4.69) is 4.98 Å². The van der Waals surface area contributed by atoms with E-state index < -0.39 is 17.4 Å². The lowest BCUT2D eigenvalue weighted by Gasteiger charge is -2.19. The summed E-state index contributed by atoms with van der Waals surface area (Å²) in [4.78, 5) is 15.0. The molecule has 0 aliphatic rings. The SMILES string of the molecule is CC(C)(C)OC(=O)c1cc(F)cnc1Cl. The van der Waals surface area contributed by atoms with Crippen molar-refractivity contribution in [2.45, 2.75) is 26.4 Å². The molecule has 0 amide bonds. The molecule has 0 atom stereocenters. The van der Waals surface area contributed by atoms with E-state index in [4.69, 9.17) is 16.3 Å². The fourth-order valence-corrected chi connectivity index (χ4v) is 1.08. The second-order valence-corrected chi connectivity index (χ2v) is 4.35. The molecule has 0 unspecified atom stereocenters. The molecule has 0 saturated heterocycles. The van der Waals surface area contributed by atoms with Crippen LogP contribution in [0.3, 0.4) is 0 Å². The van der Waals surface area contributed by atoms with Gasteiger partial charge in [-0.3, -0.25) is 0 Å². The third-order valence-electron chi connectivity index (χ3n) is 1.42. The number of pyridine rings is 1. The Balaban J connectivity index is 2.96. The Morgan fingerprint density at radius 1 is 1.53 bits per heavy atom. The molecule has 0 saturated carbocycles. The molecule has 0 spiro atoms. The van der Waals surface area contributed by atoms with Crippen LogP contribution in [0.25, 0.3) is 0 Å². The van der Waals surface area contributed by atoms with E-state index >= 15 is 0 Å². The number of carbonyl (C=O) groups excluding carboxylic acids is 1. The summed E-state index contributed by atoms with van der Waals surface area (Å²) in [5.74, 6) is -1.31. The van der Waals surface area contributed by atoms with Crippen molar-refractivity contribution in [2.24, 2.45) is 0 Å². The molecule has 1 aromatic heterocycles. The van der Waals surface area contributed by atoms with Crippen molar-refractivity contribution in [3.63, 3.8) is 0 Å². The molecule has 1 aromatic rings. The summed E-state index contributed by atoms with van der Waals surface area (Å²) in [6.07, 6.45) is 0.941. The quantitative estimate of drug-likeness (QED) is 0.551. The van der Waals surface area contributed by atoms with Gasteiger partial charge in [0.25, 0.3) is 0 Å². The van der Waals surface area contributed by atoms with Crippen LogP contribution in [0.5, 0.6) is 0 Å². The monoisotopic (exact) mass is 231 g/mol. The number of esters is 1. The van der Waals surface area contributed by atoms with Crippen molar-refractivity contribution < 1.29 is 13.9 Å². The molecule has 1 rings (SSSR count). The van der Waals surface area contributed by atoms with Gasteiger partial charge in [0.2, 0.25) is 0 Å². The van der Waals surface area contributed by atoms with Crippen molar-refractivity contribution in [3.05, 3.63) is 28.8 Å². The van der Waals surface area contributed by atoms with Gasteiger partial charge in [-0.15, -0.1) is 0 Å². The van der Waals surface area contributed by atoms with Gasteiger partial charge in [0.05, 0.1) is 11.8 Å². The molecule has 3 nitrogen and oxygen atoms in total. The highest BCUT2D eigenvalue weighted by molar-refractivity contribution is 6.32. The largest absolute Gasteiger partial charge is 0.456 e. The van der Waals surface area contributed by atoms with Crippen LogP contribution >= 0.6 is 11.6 Å². The molecule has 0 bridgehead atoms. The Kier molecular flexibility index (Phi) is 3.29. The molecule has 15 heavy (non-hydrogen) atoms. The molecule has 0 aliphatic heterocycles. The molecular formula is C10H11ClFNO2. The lowest BCUT2D eigenvalue weighted by molar-refractivity contribution is 0.00688. The fourth-order valence-electron chi connectivity index (χ4n) is 0.899. The standard InChI is InChI=1S/C10H11ClFNO2/c1-10(2,3)15-9(14)7-4-6(12)5-13-8(7)11/h4-5H,1-3H3. The van der Waals surface area contributed by atoms with Crippen LogP contribution in [0.1, 0.15) is 31.1 Å². The topological polar surface area (TPSA) is 39.2 Å². The molecule has 0 aromatic carbocycles. The Hall–Kier alpha value is -1.16. The Bertz CT molecular complexity index is 387. The molecular weight excluding hydrogens is 221 g/mol. The lowest BCUT2D eigenvalue weighted by Crippen LogP contribution is -2.24. The third-order valence-corrected chi connectivity index (χ3v) is 1.73. The highest BCUT2D eigenvalue weighted by Crippen LogP contribution is 2.18. The predicted octanol–water partition coefficient (Wildman–Crippen LogP) is 2.83. The van der Waals surface area contributed by atoms with Gasteiger partial charge in [0, 0.05) is 0 Å². The summed E-state index contributed by atoms with van der Waals surface area (Å²) in [5.41, 5.74) is -0.709. The summed E-state index contributed by atoms with van der Waals surface area (Å²) in [6.45, 7) is 5.14. The van der Waals surface area contributed by atoms with Crippen LogP contribution in [0.2, 0.25) is 5.15 Å². The first-order valence-electron chi connectivity index (χ1n) is 4.34. The Morgan fingerprint density at radius 2 is 2.13 bits per heavy atom. The minimum Gasteiger partial charge on any atom is -0.456 e. The van der Waals surface area contributed by atoms with Gasteiger partial charge in [0.15, 0.2) is 0 Å². The molecule has 82 valence electrons. The van der Waals surface area contributed by atoms with E-state index in [9.17, 15) is 9.18 Å². The summed E-state index contributed by atoms with van der Waals surface area (Å²) in [5, 5.41) is -0.0642. The second-order valence-electron chi connectivity index (χ2n) is 3.99. The zero-order chi connectivity index (χ0) is 11.6. The van der Waals surface area contributed by atoms with Gasteiger partial charge in [-0.25, -0.2) is 14.2 Å². The molecule has 0 aliphatic carbocycles. The smallest absolute Gasteiger partial charge is 0.341 e. The average molecular weight is 232 g/mol. The van der Waals surface area contributed by atoms with Gasteiger partial charge in [-0.2, -0.15) is 0 Å². The van der Waals surface area contributed by atoms with Gasteiger partial charge in [-0.1, -0.05) is 11.6 Å². The fraction of sp³-hybridized carbons (Fsp3) is 0.400. The van der Waals surface area contributed by atoms with E-state index in [1.807, 2.05) is 0 Å². The van der Waals surface area contributed by atoms with Gasteiger partial charge in [0.1, 0.15) is 16.6 Å². The number of ether oxygens (including phenoxy) is 1. The van der Waals surface area contributed by atoms with E-state index in [0.29, 0.717) is 0 Å². The van der Waals surface area contributed by atoms with E-state index in [1.165, 1.54) is 0 Å². The van der Waals surface area contributed by atoms with Crippen LogP contribution in [0.4, 0.5) is 4.39 Å². The first kappa shape index (κ1) is 11.9. The van der Waals surface area contributed by atoms with Crippen molar-refractivity contribution in [1.29, 1.82) is 0 Å². The van der Waals surface area contributed by atoms with E-state index in [0.717, 1.165) is 12.3 Å². The number of hydrogen-bond donors (Lipinski definition) is 0. The molecule has 0 radical (unpaired) electrons. The summed E-state index contributed by atoms with van der Waals surface area (Å²) in [6, 6.07) is 1.00. The van der Waals surface area contributed by atoms with Crippen LogP contribution in [0, 0.1) is 5.82 Å². The number of carbonyl (C=O) groups is 1. The summed E-state index contributed by atoms with van der Waals surface area (Å²) >= 11 is 5.64. The molecule has 0 fully saturated rings. The van der Waals surface area contributed by atoms with Crippen LogP contribution in [-0.2, 0) is 4.74 Å². The van der Waals surface area contributed by atoms with Crippen molar-refractivity contribution in [2.75, 3.05) is 0 Å². The predicted molar refractivity (Wildman–Crippen MR) is 54.4 cm³/mol. The van der Waals surface area contributed by atoms with Crippen LogP contribution in [0.15, 0.2) is 12.3 Å². The second kappa shape index (κ2) is 4.14. The van der Waals surface area contributed by atoms with Crippen molar-refractivity contribution in [3.8, 4) is 0 Å². The minimum atomic E-state index is -0.681. The summed E-state index contributed by atoms with van der Waals surface area (Å²) in [7, 11) is 0. The zero-order valence-electron chi connectivity index (χ0n) is 8.67. The number of hydrogen-bond acceptors (Lipinski definition) is 3. The highest BCUT2D eigenvalue weighted by atomic mass is 35.5. The Morgan fingerprint density at radius 3 is 2.67 bits per heavy atom. The summed E-state index contributed by atoms with van der Waals surface area (Å²) < 4.78 is 17.8. The first-order valence-corrected chi connectivity index (χ1v) is 4.72. The lowest BCUT2D eigenvalue weighted by atomic mass is 10.2. The molecule has 0 N–H and O–H groups in total. The van der Waals surface area contributed by atoms with Gasteiger partial charge < -0.3 is 4.74 Å². The van der Waals surface area contributed by atoms with Gasteiger partial charge in [-0.05, 0) is 26.8 Å². The van der Waals surface area contributed by atoms with Gasteiger partial charge >= 0.3 is 5.97 Å². The Labute approximate surface area is 92.2 Å². The van der Waals surface area contributed by atoms with Crippen molar-refractivity contribution in [1.82, 2.24) is 4.98 Å². The maximum atomic E-state index is 12.8. The normalized spacial score (nSPS) is 11.3. The molecule has 1 heterocycles. The van der Waals surface area contributed by atoms with Crippen molar-refractivity contribution >= 4 is 17.6 Å². The van der Waals surface area contributed by atoms with E-state index in [1.54, 1.807) is 20.8 Å². The number of halogens is 2. The maximum absolute atomic E-state index is 12.8. The van der Waals surface area contributed by atoms with E-state index in [-0.39, 0.29) is 10.7 Å². The maximum Gasteiger partial charge on any atom is 0.341 e. The average Bonchev–Trinajstić information content (AvgIpc) is 2.06. The van der Waals surface area contributed by atoms with Crippen LogP contribution in [-0.4, -0.2) is 16.6 Å². The first-order chi connectivity index (χ1) is 6.79. The number of nitrogens with zero attached hydrogens (tertiary/aromatic N) is 1. The molecule has 5 heteroatoms. The minimum absolute atomic E-state index is 0.0633. The zero-order valence-corrected chi connectivity index (χ0v) is 9.43.